The molecule has 0 aliphatic carbocycles. The van der Waals surface area contributed by atoms with Crippen molar-refractivity contribution in [2.45, 2.75) is 26.3 Å². The van der Waals surface area contributed by atoms with Crippen molar-refractivity contribution in [2.24, 2.45) is 0 Å². The number of fused-ring (bicyclic) bond motifs is 1. The highest BCUT2D eigenvalue weighted by molar-refractivity contribution is 6.05. The number of carbonyl (C=O) groups excluding carboxylic acids is 1. The van der Waals surface area contributed by atoms with Gasteiger partial charge in [0.25, 0.3) is 5.91 Å². The minimum absolute atomic E-state index is 0.0674. The second-order valence-electron chi connectivity index (χ2n) is 6.21. The van der Waals surface area contributed by atoms with Gasteiger partial charge in [-0.3, -0.25) is 9.69 Å². The monoisotopic (exact) mass is 356 g/mol. The van der Waals surface area contributed by atoms with Gasteiger partial charge in [0.1, 0.15) is 11.6 Å². The SMILES string of the molecule is CCN(C(=O)c1ccc2c(c1)CCO2)c1ccnc(N[C@@H](C)COC)n1. The quantitative estimate of drug-likeness (QED) is 0.821. The molecule has 1 aromatic carbocycles. The second kappa shape index (κ2) is 8.14. The molecular formula is C19H24N4O3. The molecule has 1 N–H and O–H groups in total. The third-order valence-electron chi connectivity index (χ3n) is 4.21. The molecule has 0 fully saturated rings. The molecule has 3 rings (SSSR count). The third kappa shape index (κ3) is 3.94. The van der Waals surface area contributed by atoms with Crippen LogP contribution in [-0.4, -0.2) is 48.8 Å². The zero-order valence-electron chi connectivity index (χ0n) is 15.4. The van der Waals surface area contributed by atoms with E-state index in [-0.39, 0.29) is 11.9 Å². The first-order chi connectivity index (χ1) is 12.6. The number of ether oxygens (including phenoxy) is 2. The van der Waals surface area contributed by atoms with E-state index >= 15 is 0 Å². The molecule has 0 spiro atoms. The molecule has 0 bridgehead atoms. The van der Waals surface area contributed by atoms with Crippen molar-refractivity contribution in [1.82, 2.24) is 9.97 Å². The Morgan fingerprint density at radius 2 is 2.27 bits per heavy atom. The van der Waals surface area contributed by atoms with Crippen molar-refractivity contribution in [3.63, 3.8) is 0 Å². The van der Waals surface area contributed by atoms with Gasteiger partial charge in [0, 0.05) is 37.9 Å². The zero-order chi connectivity index (χ0) is 18.5. The van der Waals surface area contributed by atoms with Crippen LogP contribution < -0.4 is 15.0 Å². The van der Waals surface area contributed by atoms with Gasteiger partial charge in [-0.05, 0) is 43.7 Å². The number of hydrogen-bond donors (Lipinski definition) is 1. The van der Waals surface area contributed by atoms with Crippen LogP contribution in [0, 0.1) is 0 Å². The van der Waals surface area contributed by atoms with E-state index in [0.717, 1.165) is 17.7 Å². The van der Waals surface area contributed by atoms with Gasteiger partial charge in [-0.15, -0.1) is 0 Å². The van der Waals surface area contributed by atoms with Crippen molar-refractivity contribution in [1.29, 1.82) is 0 Å². The summed E-state index contributed by atoms with van der Waals surface area (Å²) in [4.78, 5) is 23.4. The summed E-state index contributed by atoms with van der Waals surface area (Å²) in [7, 11) is 1.65. The molecule has 138 valence electrons. The summed E-state index contributed by atoms with van der Waals surface area (Å²) < 4.78 is 10.6. The van der Waals surface area contributed by atoms with E-state index in [0.29, 0.717) is 37.1 Å². The lowest BCUT2D eigenvalue weighted by molar-refractivity contribution is 0.0987. The number of methoxy groups -OCH3 is 1. The van der Waals surface area contributed by atoms with Gasteiger partial charge in [0.2, 0.25) is 5.95 Å². The summed E-state index contributed by atoms with van der Waals surface area (Å²) in [6.07, 6.45) is 2.48. The standard InChI is InChI=1S/C19H24N4O3/c1-4-23(17-7-9-20-19(22-17)21-13(2)12-25-3)18(24)15-5-6-16-14(11-15)8-10-26-16/h5-7,9,11,13H,4,8,10,12H2,1-3H3,(H,20,21,22)/t13-/m0/s1. The predicted molar refractivity (Wildman–Crippen MR) is 100.0 cm³/mol. The summed E-state index contributed by atoms with van der Waals surface area (Å²) in [6, 6.07) is 7.38. The van der Waals surface area contributed by atoms with E-state index in [9.17, 15) is 4.79 Å². The van der Waals surface area contributed by atoms with Crippen LogP contribution in [0.15, 0.2) is 30.5 Å². The minimum atomic E-state index is -0.0863. The smallest absolute Gasteiger partial charge is 0.259 e. The average Bonchev–Trinajstić information content (AvgIpc) is 3.10. The van der Waals surface area contributed by atoms with Crippen LogP contribution in [0.2, 0.25) is 0 Å². The van der Waals surface area contributed by atoms with Gasteiger partial charge in [-0.1, -0.05) is 0 Å². The van der Waals surface area contributed by atoms with Gasteiger partial charge >= 0.3 is 0 Å². The second-order valence-corrected chi connectivity index (χ2v) is 6.21. The number of rotatable bonds is 7. The number of benzene rings is 1. The Kier molecular flexibility index (Phi) is 5.68. The summed E-state index contributed by atoms with van der Waals surface area (Å²) in [5, 5.41) is 3.17. The van der Waals surface area contributed by atoms with E-state index in [1.807, 2.05) is 26.0 Å². The van der Waals surface area contributed by atoms with Crippen molar-refractivity contribution in [3.05, 3.63) is 41.6 Å². The summed E-state index contributed by atoms with van der Waals surface area (Å²) in [6.45, 7) is 5.63. The highest BCUT2D eigenvalue weighted by Crippen LogP contribution is 2.27. The number of hydrogen-bond acceptors (Lipinski definition) is 6. The first-order valence-electron chi connectivity index (χ1n) is 8.78. The minimum Gasteiger partial charge on any atom is -0.493 e. The Balaban J connectivity index is 1.81. The molecular weight excluding hydrogens is 332 g/mol. The normalized spacial score (nSPS) is 13.7. The third-order valence-corrected chi connectivity index (χ3v) is 4.21. The molecule has 7 nitrogen and oxygen atoms in total. The van der Waals surface area contributed by atoms with Gasteiger partial charge in [0.05, 0.1) is 13.2 Å². The average molecular weight is 356 g/mol. The molecule has 0 saturated carbocycles. The Morgan fingerprint density at radius 3 is 3.04 bits per heavy atom. The van der Waals surface area contributed by atoms with E-state index in [1.165, 1.54) is 0 Å². The number of nitrogens with one attached hydrogen (secondary N) is 1. The van der Waals surface area contributed by atoms with Crippen LogP contribution in [0.25, 0.3) is 0 Å². The fourth-order valence-electron chi connectivity index (χ4n) is 2.97. The lowest BCUT2D eigenvalue weighted by Gasteiger charge is -2.21. The Bertz CT molecular complexity index is 781. The molecule has 1 aromatic heterocycles. The van der Waals surface area contributed by atoms with Crippen LogP contribution in [0.5, 0.6) is 5.75 Å². The van der Waals surface area contributed by atoms with E-state index in [1.54, 1.807) is 30.3 Å². The van der Waals surface area contributed by atoms with Crippen molar-refractivity contribution in [2.75, 3.05) is 37.1 Å². The Labute approximate surface area is 153 Å². The molecule has 7 heteroatoms. The molecule has 26 heavy (non-hydrogen) atoms. The predicted octanol–water partition coefficient (Wildman–Crippen LogP) is 2.53. The first-order valence-corrected chi connectivity index (χ1v) is 8.78. The summed E-state index contributed by atoms with van der Waals surface area (Å²) >= 11 is 0. The first kappa shape index (κ1) is 18.1. The Morgan fingerprint density at radius 1 is 1.42 bits per heavy atom. The van der Waals surface area contributed by atoms with Gasteiger partial charge in [-0.25, -0.2) is 4.98 Å². The van der Waals surface area contributed by atoms with Crippen molar-refractivity contribution in [3.8, 4) is 5.75 Å². The highest BCUT2D eigenvalue weighted by Gasteiger charge is 2.21. The molecule has 1 amide bonds. The fraction of sp³-hybridized carbons (Fsp3) is 0.421. The molecule has 1 atom stereocenters. The maximum atomic E-state index is 13.0. The molecule has 1 aliphatic rings. The van der Waals surface area contributed by atoms with Crippen LogP contribution in [-0.2, 0) is 11.2 Å². The highest BCUT2D eigenvalue weighted by atomic mass is 16.5. The number of nitrogens with zero attached hydrogens (tertiary/aromatic N) is 3. The van der Waals surface area contributed by atoms with E-state index < -0.39 is 0 Å². The van der Waals surface area contributed by atoms with Gasteiger partial charge in [0.15, 0.2) is 0 Å². The van der Waals surface area contributed by atoms with Crippen LogP contribution >= 0.6 is 0 Å². The fourth-order valence-corrected chi connectivity index (χ4v) is 2.97. The molecule has 2 aromatic rings. The summed E-state index contributed by atoms with van der Waals surface area (Å²) in [5.74, 6) is 1.82. The number of aromatic nitrogens is 2. The summed E-state index contributed by atoms with van der Waals surface area (Å²) in [5.41, 5.74) is 1.71. The maximum absolute atomic E-state index is 13.0. The maximum Gasteiger partial charge on any atom is 0.259 e. The zero-order valence-corrected chi connectivity index (χ0v) is 15.4. The van der Waals surface area contributed by atoms with E-state index in [4.69, 9.17) is 9.47 Å². The molecule has 0 unspecified atom stereocenters. The van der Waals surface area contributed by atoms with Crippen LogP contribution in [0.1, 0.15) is 29.8 Å². The number of carbonyl (C=O) groups is 1. The Hall–Kier alpha value is -2.67. The molecule has 0 radical (unpaired) electrons. The van der Waals surface area contributed by atoms with Crippen molar-refractivity contribution < 1.29 is 14.3 Å². The molecule has 0 saturated heterocycles. The van der Waals surface area contributed by atoms with Crippen molar-refractivity contribution >= 4 is 17.7 Å². The number of anilines is 2. The van der Waals surface area contributed by atoms with Gasteiger partial charge < -0.3 is 14.8 Å². The molecule has 2 heterocycles. The lowest BCUT2D eigenvalue weighted by Crippen LogP contribution is -2.32. The van der Waals surface area contributed by atoms with Gasteiger partial charge in [-0.2, -0.15) is 4.98 Å². The lowest BCUT2D eigenvalue weighted by atomic mass is 10.1. The largest absolute Gasteiger partial charge is 0.493 e. The van der Waals surface area contributed by atoms with Crippen LogP contribution in [0.4, 0.5) is 11.8 Å². The van der Waals surface area contributed by atoms with E-state index in [2.05, 4.69) is 15.3 Å². The topological polar surface area (TPSA) is 76.6 Å². The van der Waals surface area contributed by atoms with Crippen LogP contribution in [0.3, 0.4) is 0 Å². The number of amides is 1. The molecule has 1 aliphatic heterocycles.